The highest BCUT2D eigenvalue weighted by molar-refractivity contribution is 5.68. The van der Waals surface area contributed by atoms with Gasteiger partial charge >= 0.3 is 18.3 Å². The standard InChI is InChI=1S/C20H34N4O6/c1-14(11-29-16(25)22-5)30-18(27)24-15-9-19(2,3)12-20(4,10-15)13-23-17(26)28-8-6-7-21/h14-15H,6,8-13H2,1-5H3,(H,22,25)(H,23,26)(H,24,27). The summed E-state index contributed by atoms with van der Waals surface area (Å²) < 4.78 is 15.1. The average Bonchev–Trinajstić information content (AvgIpc) is 2.63. The second kappa shape index (κ2) is 11.5. The number of hydrogen-bond donors (Lipinski definition) is 3. The summed E-state index contributed by atoms with van der Waals surface area (Å²) in [5.41, 5.74) is -0.298. The predicted octanol–water partition coefficient (Wildman–Crippen LogP) is 2.68. The molecule has 1 aliphatic carbocycles. The molecule has 0 saturated heterocycles. The lowest BCUT2D eigenvalue weighted by Crippen LogP contribution is -2.50. The topological polar surface area (TPSA) is 139 Å². The van der Waals surface area contributed by atoms with Gasteiger partial charge in [-0.3, -0.25) is 0 Å². The van der Waals surface area contributed by atoms with Crippen LogP contribution < -0.4 is 16.0 Å². The van der Waals surface area contributed by atoms with Crippen LogP contribution in [0.4, 0.5) is 14.4 Å². The Morgan fingerprint density at radius 1 is 1.13 bits per heavy atom. The third-order valence-corrected chi connectivity index (χ3v) is 4.83. The fourth-order valence-corrected chi connectivity index (χ4v) is 4.08. The van der Waals surface area contributed by atoms with E-state index in [0.29, 0.717) is 13.0 Å². The Bertz CT molecular complexity index is 648. The minimum atomic E-state index is -0.589. The maximum Gasteiger partial charge on any atom is 0.407 e. The van der Waals surface area contributed by atoms with E-state index in [1.165, 1.54) is 7.05 Å². The fourth-order valence-electron chi connectivity index (χ4n) is 4.08. The highest BCUT2D eigenvalue weighted by Crippen LogP contribution is 2.45. The van der Waals surface area contributed by atoms with Gasteiger partial charge < -0.3 is 30.2 Å². The number of hydrogen-bond acceptors (Lipinski definition) is 7. The van der Waals surface area contributed by atoms with Crippen molar-refractivity contribution in [3.8, 4) is 6.07 Å². The molecule has 0 heterocycles. The first kappa shape index (κ1) is 25.3. The number of alkyl carbamates (subject to hydrolysis) is 3. The van der Waals surface area contributed by atoms with Crippen molar-refractivity contribution in [3.63, 3.8) is 0 Å². The molecule has 1 fully saturated rings. The molecule has 3 unspecified atom stereocenters. The summed E-state index contributed by atoms with van der Waals surface area (Å²) in [5.74, 6) is 0. The summed E-state index contributed by atoms with van der Waals surface area (Å²) in [6, 6.07) is 1.79. The summed E-state index contributed by atoms with van der Waals surface area (Å²) in [6.45, 7) is 8.35. The molecule has 0 bridgehead atoms. The second-order valence-electron chi connectivity index (χ2n) is 8.86. The van der Waals surface area contributed by atoms with Crippen LogP contribution in [0.25, 0.3) is 0 Å². The van der Waals surface area contributed by atoms with E-state index in [9.17, 15) is 14.4 Å². The van der Waals surface area contributed by atoms with Crippen LogP contribution in [0.3, 0.4) is 0 Å². The van der Waals surface area contributed by atoms with Crippen LogP contribution in [0.15, 0.2) is 0 Å². The minimum Gasteiger partial charge on any atom is -0.448 e. The summed E-state index contributed by atoms with van der Waals surface area (Å²) in [5, 5.41) is 16.5. The van der Waals surface area contributed by atoms with Crippen molar-refractivity contribution in [2.75, 3.05) is 26.8 Å². The number of rotatable bonds is 8. The van der Waals surface area contributed by atoms with Gasteiger partial charge in [0.1, 0.15) is 19.3 Å². The molecule has 1 aliphatic rings. The van der Waals surface area contributed by atoms with Crippen LogP contribution in [0.1, 0.15) is 53.4 Å². The first-order valence-corrected chi connectivity index (χ1v) is 10.1. The van der Waals surface area contributed by atoms with Gasteiger partial charge in [0.05, 0.1) is 12.5 Å². The Balaban J connectivity index is 2.56. The maximum atomic E-state index is 12.3. The SMILES string of the molecule is CNC(=O)OCC(C)OC(=O)NC1CC(C)(C)CC(C)(CNC(=O)OCCC#N)C1. The fraction of sp³-hybridized carbons (Fsp3) is 0.800. The molecule has 0 aromatic heterocycles. The van der Waals surface area contributed by atoms with E-state index in [-0.39, 0.29) is 36.5 Å². The summed E-state index contributed by atoms with van der Waals surface area (Å²) in [4.78, 5) is 35.2. The normalized spacial score (nSPS) is 23.3. The molecule has 10 nitrogen and oxygen atoms in total. The van der Waals surface area contributed by atoms with Gasteiger partial charge in [0.2, 0.25) is 0 Å². The Kier molecular flexibility index (Phi) is 9.69. The van der Waals surface area contributed by atoms with Gasteiger partial charge in [-0.2, -0.15) is 5.26 Å². The molecule has 0 radical (unpaired) electrons. The van der Waals surface area contributed by atoms with Gasteiger partial charge in [-0.15, -0.1) is 0 Å². The van der Waals surface area contributed by atoms with Crippen molar-refractivity contribution in [1.29, 1.82) is 5.26 Å². The van der Waals surface area contributed by atoms with E-state index in [4.69, 9.17) is 19.5 Å². The number of nitriles is 1. The molecule has 3 atom stereocenters. The van der Waals surface area contributed by atoms with Gasteiger partial charge in [-0.05, 0) is 37.0 Å². The lowest BCUT2D eigenvalue weighted by molar-refractivity contribution is 0.0387. The maximum absolute atomic E-state index is 12.3. The Morgan fingerprint density at radius 3 is 2.47 bits per heavy atom. The van der Waals surface area contributed by atoms with Crippen molar-refractivity contribution >= 4 is 18.3 Å². The zero-order valence-electron chi connectivity index (χ0n) is 18.5. The molecule has 170 valence electrons. The zero-order chi connectivity index (χ0) is 22.8. The number of ether oxygens (including phenoxy) is 3. The predicted molar refractivity (Wildman–Crippen MR) is 109 cm³/mol. The Morgan fingerprint density at radius 2 is 1.83 bits per heavy atom. The number of carbonyl (C=O) groups excluding carboxylic acids is 3. The number of nitrogens with zero attached hydrogens (tertiary/aromatic N) is 1. The van der Waals surface area contributed by atoms with Crippen LogP contribution in [-0.2, 0) is 14.2 Å². The lowest BCUT2D eigenvalue weighted by Gasteiger charge is -2.46. The van der Waals surface area contributed by atoms with E-state index in [2.05, 4.69) is 36.7 Å². The molecule has 0 aromatic rings. The van der Waals surface area contributed by atoms with E-state index in [0.717, 1.165) is 12.8 Å². The van der Waals surface area contributed by atoms with Gasteiger partial charge in [0, 0.05) is 19.6 Å². The molecular weight excluding hydrogens is 392 g/mol. The van der Waals surface area contributed by atoms with E-state index >= 15 is 0 Å². The third-order valence-electron chi connectivity index (χ3n) is 4.83. The molecule has 30 heavy (non-hydrogen) atoms. The van der Waals surface area contributed by atoms with Gasteiger partial charge in [0.25, 0.3) is 0 Å². The summed E-state index contributed by atoms with van der Waals surface area (Å²) >= 11 is 0. The van der Waals surface area contributed by atoms with Crippen molar-refractivity contribution in [2.24, 2.45) is 10.8 Å². The summed E-state index contributed by atoms with van der Waals surface area (Å²) in [6.07, 6.45) is 0.145. The van der Waals surface area contributed by atoms with E-state index in [1.54, 1.807) is 6.92 Å². The zero-order valence-corrected chi connectivity index (χ0v) is 18.5. The summed E-state index contributed by atoms with van der Waals surface area (Å²) in [7, 11) is 1.45. The number of nitrogens with one attached hydrogen (secondary N) is 3. The van der Waals surface area contributed by atoms with Crippen LogP contribution in [0, 0.1) is 22.2 Å². The minimum absolute atomic E-state index is 0.0429. The molecular formula is C20H34N4O6. The number of carbonyl (C=O) groups is 3. The third kappa shape index (κ3) is 9.67. The van der Waals surface area contributed by atoms with Crippen LogP contribution in [0.2, 0.25) is 0 Å². The Hall–Kier alpha value is -2.70. The van der Waals surface area contributed by atoms with Crippen molar-refractivity contribution < 1.29 is 28.6 Å². The molecule has 1 saturated carbocycles. The molecule has 10 heteroatoms. The smallest absolute Gasteiger partial charge is 0.407 e. The van der Waals surface area contributed by atoms with Gasteiger partial charge in [-0.25, -0.2) is 14.4 Å². The van der Waals surface area contributed by atoms with E-state index < -0.39 is 24.4 Å². The first-order valence-electron chi connectivity index (χ1n) is 10.1. The highest BCUT2D eigenvalue weighted by atomic mass is 16.6. The monoisotopic (exact) mass is 426 g/mol. The molecule has 0 spiro atoms. The van der Waals surface area contributed by atoms with Crippen molar-refractivity contribution in [2.45, 2.75) is 65.5 Å². The number of amides is 3. The lowest BCUT2D eigenvalue weighted by atomic mass is 9.62. The van der Waals surface area contributed by atoms with Crippen LogP contribution >= 0.6 is 0 Å². The first-order chi connectivity index (χ1) is 14.0. The average molecular weight is 427 g/mol. The van der Waals surface area contributed by atoms with Crippen molar-refractivity contribution in [1.82, 2.24) is 16.0 Å². The van der Waals surface area contributed by atoms with E-state index in [1.807, 2.05) is 6.07 Å². The molecule has 1 rings (SSSR count). The van der Waals surface area contributed by atoms with Gasteiger partial charge in [0.15, 0.2) is 0 Å². The Labute approximate surface area is 178 Å². The van der Waals surface area contributed by atoms with Gasteiger partial charge in [-0.1, -0.05) is 20.8 Å². The van der Waals surface area contributed by atoms with Crippen LogP contribution in [0.5, 0.6) is 0 Å². The molecule has 3 N–H and O–H groups in total. The highest BCUT2D eigenvalue weighted by Gasteiger charge is 2.42. The molecule has 0 aromatic carbocycles. The second-order valence-corrected chi connectivity index (χ2v) is 8.86. The van der Waals surface area contributed by atoms with Crippen LogP contribution in [-0.4, -0.2) is 57.2 Å². The van der Waals surface area contributed by atoms with Crippen molar-refractivity contribution in [3.05, 3.63) is 0 Å². The molecule has 0 aliphatic heterocycles. The largest absolute Gasteiger partial charge is 0.448 e. The quantitative estimate of drug-likeness (QED) is 0.400. The molecule has 3 amide bonds.